The number of unbranched alkanes of at least 4 members (excludes halogenated alkanes) is 1. The zero-order chi connectivity index (χ0) is 25.7. The van der Waals surface area contributed by atoms with E-state index in [-0.39, 0.29) is 18.9 Å². The number of aliphatic carboxylic acids is 1. The van der Waals surface area contributed by atoms with Gasteiger partial charge < -0.3 is 30.5 Å². The lowest BCUT2D eigenvalue weighted by molar-refractivity contribution is -0.142. The molecule has 0 aromatic heterocycles. The molecule has 4 N–H and O–H groups in total. The van der Waals surface area contributed by atoms with Gasteiger partial charge in [0, 0.05) is 6.54 Å². The number of carbonyl (C=O) groups excluding carboxylic acids is 3. The van der Waals surface area contributed by atoms with Gasteiger partial charge in [0.2, 0.25) is 5.91 Å². The third-order valence-electron chi connectivity index (χ3n) is 4.64. The Kier molecular flexibility index (Phi) is 11.9. The predicted molar refractivity (Wildman–Crippen MR) is 126 cm³/mol. The topological polar surface area (TPSA) is 143 Å². The SMILES string of the molecule is CC(C)C(NC(=O)OCc1ccccc1)C(=O)NC(CCCCNC(=O)OC(C)(C)C)C(=O)O. The van der Waals surface area contributed by atoms with Crippen LogP contribution in [0.5, 0.6) is 0 Å². The van der Waals surface area contributed by atoms with Crippen molar-refractivity contribution < 1.29 is 33.8 Å². The molecule has 34 heavy (non-hydrogen) atoms. The van der Waals surface area contributed by atoms with Crippen LogP contribution < -0.4 is 16.0 Å². The molecule has 0 heterocycles. The summed E-state index contributed by atoms with van der Waals surface area (Å²) < 4.78 is 10.3. The second-order valence-corrected chi connectivity index (χ2v) is 9.25. The van der Waals surface area contributed by atoms with E-state index < -0.39 is 41.7 Å². The number of benzene rings is 1. The van der Waals surface area contributed by atoms with Gasteiger partial charge in [-0.25, -0.2) is 14.4 Å². The van der Waals surface area contributed by atoms with Crippen LogP contribution in [0.3, 0.4) is 0 Å². The minimum Gasteiger partial charge on any atom is -0.480 e. The Morgan fingerprint density at radius 1 is 0.971 bits per heavy atom. The molecule has 0 aliphatic carbocycles. The lowest BCUT2D eigenvalue weighted by Crippen LogP contribution is -2.53. The Morgan fingerprint density at radius 2 is 1.62 bits per heavy atom. The largest absolute Gasteiger partial charge is 0.480 e. The number of rotatable bonds is 12. The maximum Gasteiger partial charge on any atom is 0.408 e. The van der Waals surface area contributed by atoms with Crippen molar-refractivity contribution in [2.24, 2.45) is 5.92 Å². The smallest absolute Gasteiger partial charge is 0.408 e. The summed E-state index contributed by atoms with van der Waals surface area (Å²) in [5.41, 5.74) is 0.202. The van der Waals surface area contributed by atoms with Crippen LogP contribution in [0.25, 0.3) is 0 Å². The number of hydrogen-bond acceptors (Lipinski definition) is 6. The standard InChI is InChI=1S/C24H37N3O7/c1-16(2)19(27-23(32)33-15-17-11-7-6-8-12-17)20(28)26-18(21(29)30)13-9-10-14-25-22(31)34-24(3,4)5/h6-8,11-12,16,18-19H,9-10,13-15H2,1-5H3,(H,25,31)(H,26,28)(H,27,32)(H,29,30). The van der Waals surface area contributed by atoms with Crippen molar-refractivity contribution in [1.29, 1.82) is 0 Å². The molecule has 2 unspecified atom stereocenters. The summed E-state index contributed by atoms with van der Waals surface area (Å²) in [5, 5.41) is 17.1. The van der Waals surface area contributed by atoms with Gasteiger partial charge >= 0.3 is 18.2 Å². The molecule has 0 saturated carbocycles. The molecule has 0 aliphatic heterocycles. The first-order valence-electron chi connectivity index (χ1n) is 11.4. The summed E-state index contributed by atoms with van der Waals surface area (Å²) in [7, 11) is 0. The maximum atomic E-state index is 12.7. The third-order valence-corrected chi connectivity index (χ3v) is 4.64. The van der Waals surface area contributed by atoms with Gasteiger partial charge in [-0.1, -0.05) is 44.2 Å². The highest BCUT2D eigenvalue weighted by atomic mass is 16.6. The number of carbonyl (C=O) groups is 4. The molecule has 1 rings (SSSR count). The molecule has 190 valence electrons. The van der Waals surface area contributed by atoms with E-state index in [2.05, 4.69) is 16.0 Å². The Hall–Kier alpha value is -3.30. The van der Waals surface area contributed by atoms with Crippen LogP contribution in [0.1, 0.15) is 59.4 Å². The zero-order valence-electron chi connectivity index (χ0n) is 20.6. The highest BCUT2D eigenvalue weighted by Gasteiger charge is 2.29. The average molecular weight is 480 g/mol. The van der Waals surface area contributed by atoms with Gasteiger partial charge in [-0.05, 0) is 51.5 Å². The van der Waals surface area contributed by atoms with Crippen molar-refractivity contribution in [1.82, 2.24) is 16.0 Å². The van der Waals surface area contributed by atoms with Gasteiger partial charge in [0.1, 0.15) is 24.3 Å². The van der Waals surface area contributed by atoms with Crippen LogP contribution in [-0.2, 0) is 25.7 Å². The number of carboxylic acids is 1. The van der Waals surface area contributed by atoms with Crippen molar-refractivity contribution in [2.75, 3.05) is 6.54 Å². The summed E-state index contributed by atoms with van der Waals surface area (Å²) in [6, 6.07) is 7.01. The van der Waals surface area contributed by atoms with Crippen LogP contribution in [0.4, 0.5) is 9.59 Å². The van der Waals surface area contributed by atoms with Crippen molar-refractivity contribution in [3.05, 3.63) is 35.9 Å². The molecule has 1 aromatic rings. The summed E-state index contributed by atoms with van der Waals surface area (Å²) in [6.07, 6.45) is -0.179. The minimum absolute atomic E-state index is 0.0498. The lowest BCUT2D eigenvalue weighted by Gasteiger charge is -2.24. The summed E-state index contributed by atoms with van der Waals surface area (Å²) in [6.45, 7) is 9.12. The van der Waals surface area contributed by atoms with Gasteiger partial charge in [0.05, 0.1) is 0 Å². The fourth-order valence-corrected chi connectivity index (χ4v) is 2.92. The zero-order valence-corrected chi connectivity index (χ0v) is 20.6. The molecule has 1 aromatic carbocycles. The number of hydrogen-bond donors (Lipinski definition) is 4. The number of carboxylic acid groups (broad SMARTS) is 1. The third kappa shape index (κ3) is 12.1. The molecule has 0 fully saturated rings. The second kappa shape index (κ2) is 14.1. The Morgan fingerprint density at radius 3 is 2.18 bits per heavy atom. The molecule has 0 bridgehead atoms. The van der Waals surface area contributed by atoms with E-state index in [9.17, 15) is 24.3 Å². The van der Waals surface area contributed by atoms with Crippen LogP contribution >= 0.6 is 0 Å². The highest BCUT2D eigenvalue weighted by molar-refractivity contribution is 5.89. The fraction of sp³-hybridized carbons (Fsp3) is 0.583. The van der Waals surface area contributed by atoms with E-state index in [1.165, 1.54) is 0 Å². The average Bonchev–Trinajstić information content (AvgIpc) is 2.74. The van der Waals surface area contributed by atoms with Crippen LogP contribution in [-0.4, -0.2) is 53.4 Å². The van der Waals surface area contributed by atoms with Crippen LogP contribution in [0.15, 0.2) is 30.3 Å². The number of nitrogens with one attached hydrogen (secondary N) is 3. The van der Waals surface area contributed by atoms with Crippen molar-refractivity contribution in [3.63, 3.8) is 0 Å². The molecule has 3 amide bonds. The molecule has 2 atom stereocenters. The summed E-state index contributed by atoms with van der Waals surface area (Å²) >= 11 is 0. The van der Waals surface area contributed by atoms with Gasteiger partial charge in [0.25, 0.3) is 0 Å². The van der Waals surface area contributed by atoms with Crippen LogP contribution in [0.2, 0.25) is 0 Å². The highest BCUT2D eigenvalue weighted by Crippen LogP contribution is 2.08. The number of ether oxygens (including phenoxy) is 2. The van der Waals surface area contributed by atoms with Crippen molar-refractivity contribution in [2.45, 2.75) is 78.2 Å². The Bertz CT molecular complexity index is 807. The quantitative estimate of drug-likeness (QED) is 0.337. The van der Waals surface area contributed by atoms with Gasteiger partial charge in [-0.2, -0.15) is 0 Å². The molecule has 0 radical (unpaired) electrons. The first-order valence-corrected chi connectivity index (χ1v) is 11.4. The van der Waals surface area contributed by atoms with Gasteiger partial charge in [-0.3, -0.25) is 4.79 Å². The molecular formula is C24H37N3O7. The monoisotopic (exact) mass is 479 g/mol. The van der Waals surface area contributed by atoms with Gasteiger partial charge in [0.15, 0.2) is 0 Å². The van der Waals surface area contributed by atoms with E-state index in [0.717, 1.165) is 5.56 Å². The molecule has 10 heteroatoms. The van der Waals surface area contributed by atoms with E-state index in [0.29, 0.717) is 19.4 Å². The number of alkyl carbamates (subject to hydrolysis) is 2. The Balaban J connectivity index is 2.50. The fourth-order valence-electron chi connectivity index (χ4n) is 2.92. The first-order chi connectivity index (χ1) is 15.9. The molecular weight excluding hydrogens is 442 g/mol. The minimum atomic E-state index is -1.18. The van der Waals surface area contributed by atoms with Crippen molar-refractivity contribution >= 4 is 24.1 Å². The first kappa shape index (κ1) is 28.7. The molecule has 0 saturated heterocycles. The molecule has 0 spiro atoms. The maximum absolute atomic E-state index is 12.7. The van der Waals surface area contributed by atoms with Gasteiger partial charge in [-0.15, -0.1) is 0 Å². The van der Waals surface area contributed by atoms with Crippen LogP contribution in [0, 0.1) is 5.92 Å². The lowest BCUT2D eigenvalue weighted by atomic mass is 10.0. The number of amides is 3. The molecule has 10 nitrogen and oxygen atoms in total. The van der Waals surface area contributed by atoms with E-state index in [1.807, 2.05) is 18.2 Å². The van der Waals surface area contributed by atoms with Crippen molar-refractivity contribution in [3.8, 4) is 0 Å². The summed E-state index contributed by atoms with van der Waals surface area (Å²) in [5.74, 6) is -2.08. The van der Waals surface area contributed by atoms with E-state index in [4.69, 9.17) is 9.47 Å². The second-order valence-electron chi connectivity index (χ2n) is 9.25. The normalized spacial score (nSPS) is 12.9. The predicted octanol–water partition coefficient (Wildman–Crippen LogP) is 3.20. The van der Waals surface area contributed by atoms with E-state index in [1.54, 1.807) is 46.8 Å². The Labute approximate surface area is 200 Å². The summed E-state index contributed by atoms with van der Waals surface area (Å²) in [4.78, 5) is 48.1. The molecule has 0 aliphatic rings. The van der Waals surface area contributed by atoms with E-state index >= 15 is 0 Å².